The fraction of sp³-hybridized carbons (Fsp3) is 0.846. The smallest absolute Gasteiger partial charge is 0.407 e. The molecule has 112 valence electrons. The summed E-state index contributed by atoms with van der Waals surface area (Å²) in [5, 5.41) is 11.2. The van der Waals surface area contributed by atoms with Gasteiger partial charge in [0.1, 0.15) is 5.60 Å². The first-order chi connectivity index (χ1) is 8.31. The van der Waals surface area contributed by atoms with Crippen LogP contribution in [0.2, 0.25) is 0 Å². The topological polar surface area (TPSA) is 65.4 Å². The molecule has 1 heterocycles. The maximum atomic E-state index is 11.7. The molecule has 1 fully saturated rings. The molecular formula is C13H27N3O2S. The van der Waals surface area contributed by atoms with Crippen molar-refractivity contribution in [3.05, 3.63) is 0 Å². The number of ether oxygens (including phenoxy) is 1. The van der Waals surface area contributed by atoms with Crippen molar-refractivity contribution in [2.24, 2.45) is 0 Å². The minimum atomic E-state index is -0.468. The van der Waals surface area contributed by atoms with Gasteiger partial charge in [0.2, 0.25) is 0 Å². The predicted molar refractivity (Wildman–Crippen MR) is 81.9 cm³/mol. The quantitative estimate of drug-likeness (QED) is 0.575. The van der Waals surface area contributed by atoms with Crippen LogP contribution in [0.4, 0.5) is 4.79 Å². The highest BCUT2D eigenvalue weighted by Gasteiger charge is 2.24. The lowest BCUT2D eigenvalue weighted by Gasteiger charge is -2.34. The predicted octanol–water partition coefficient (Wildman–Crippen LogP) is 2.91. The second-order valence-electron chi connectivity index (χ2n) is 5.44. The molecule has 0 aliphatic carbocycles. The summed E-state index contributed by atoms with van der Waals surface area (Å²) in [4.78, 5) is 13.7. The molecule has 6 heteroatoms. The molecule has 0 radical (unpaired) electrons. The Kier molecular flexibility index (Phi) is 7.26. The van der Waals surface area contributed by atoms with Crippen molar-refractivity contribution in [1.29, 1.82) is 5.41 Å². The van der Waals surface area contributed by atoms with E-state index >= 15 is 0 Å². The Morgan fingerprint density at radius 2 is 2.11 bits per heavy atom. The fourth-order valence-electron chi connectivity index (χ4n) is 1.88. The molecular weight excluding hydrogens is 262 g/mol. The van der Waals surface area contributed by atoms with Gasteiger partial charge in [-0.05, 0) is 39.9 Å². The van der Waals surface area contributed by atoms with E-state index in [1.54, 1.807) is 0 Å². The van der Waals surface area contributed by atoms with E-state index in [0.29, 0.717) is 11.7 Å². The Balaban J connectivity index is 0.00000324. The number of rotatable bonds is 1. The molecule has 1 saturated heterocycles. The van der Waals surface area contributed by atoms with Gasteiger partial charge in [-0.25, -0.2) is 4.79 Å². The van der Waals surface area contributed by atoms with Crippen LogP contribution in [0.15, 0.2) is 0 Å². The Morgan fingerprint density at radius 1 is 1.47 bits per heavy atom. The normalized spacial score (nSPS) is 19.4. The van der Waals surface area contributed by atoms with Crippen molar-refractivity contribution in [3.63, 3.8) is 0 Å². The Morgan fingerprint density at radius 3 is 2.63 bits per heavy atom. The van der Waals surface area contributed by atoms with Crippen molar-refractivity contribution in [2.45, 2.75) is 52.7 Å². The van der Waals surface area contributed by atoms with E-state index in [0.717, 1.165) is 19.4 Å². The standard InChI is InChI=1S/C12H23N3O2S.CH4/c1-12(2,3)17-11(16)14-9-6-5-7-15(8-9)10(13)18-4;/h9,13H,5-8H2,1-4H3,(H,14,16);1H4. The van der Waals surface area contributed by atoms with E-state index in [2.05, 4.69) is 5.32 Å². The average Bonchev–Trinajstić information content (AvgIpc) is 2.25. The van der Waals surface area contributed by atoms with Crippen LogP contribution in [0.25, 0.3) is 0 Å². The van der Waals surface area contributed by atoms with Crippen LogP contribution in [0.5, 0.6) is 0 Å². The Labute approximate surface area is 121 Å². The Bertz CT molecular complexity index is 316. The molecule has 1 amide bonds. The van der Waals surface area contributed by atoms with Crippen LogP contribution >= 0.6 is 11.8 Å². The van der Waals surface area contributed by atoms with E-state index in [-0.39, 0.29) is 19.6 Å². The maximum absolute atomic E-state index is 11.7. The molecule has 0 saturated carbocycles. The number of amides is 1. The first-order valence-corrected chi connectivity index (χ1v) is 7.41. The first kappa shape index (κ1) is 18.1. The van der Waals surface area contributed by atoms with Gasteiger partial charge in [-0.2, -0.15) is 0 Å². The third-order valence-corrected chi connectivity index (χ3v) is 3.27. The molecule has 0 aromatic rings. The van der Waals surface area contributed by atoms with Crippen LogP contribution in [0.3, 0.4) is 0 Å². The van der Waals surface area contributed by atoms with E-state index in [9.17, 15) is 4.79 Å². The summed E-state index contributed by atoms with van der Waals surface area (Å²) in [6.07, 6.45) is 3.46. The van der Waals surface area contributed by atoms with Gasteiger partial charge >= 0.3 is 6.09 Å². The van der Waals surface area contributed by atoms with E-state index in [1.165, 1.54) is 11.8 Å². The zero-order chi connectivity index (χ0) is 13.8. The summed E-state index contributed by atoms with van der Waals surface area (Å²) < 4.78 is 5.24. The Hall–Kier alpha value is -0.910. The lowest BCUT2D eigenvalue weighted by molar-refractivity contribution is 0.0486. The summed E-state index contributed by atoms with van der Waals surface area (Å²) in [7, 11) is 0. The summed E-state index contributed by atoms with van der Waals surface area (Å²) in [5.74, 6) is 0. The monoisotopic (exact) mass is 289 g/mol. The number of hydrogen-bond acceptors (Lipinski definition) is 4. The SMILES string of the molecule is C.CSC(=N)N1CCCC(NC(=O)OC(C)(C)C)C1. The molecule has 1 aliphatic rings. The molecule has 5 nitrogen and oxygen atoms in total. The lowest BCUT2D eigenvalue weighted by Crippen LogP contribution is -2.49. The number of carbonyl (C=O) groups excluding carboxylic acids is 1. The highest BCUT2D eigenvalue weighted by Crippen LogP contribution is 2.15. The van der Waals surface area contributed by atoms with E-state index in [4.69, 9.17) is 10.1 Å². The van der Waals surface area contributed by atoms with Gasteiger partial charge in [0.25, 0.3) is 0 Å². The zero-order valence-corrected chi connectivity index (χ0v) is 12.4. The fourth-order valence-corrected chi connectivity index (χ4v) is 2.31. The maximum Gasteiger partial charge on any atom is 0.407 e. The van der Waals surface area contributed by atoms with Crippen molar-refractivity contribution in [1.82, 2.24) is 10.2 Å². The van der Waals surface area contributed by atoms with E-state index < -0.39 is 5.60 Å². The number of piperidine rings is 1. The third-order valence-electron chi connectivity index (χ3n) is 2.62. The summed E-state index contributed by atoms with van der Waals surface area (Å²) in [5.41, 5.74) is -0.468. The molecule has 1 unspecified atom stereocenters. The van der Waals surface area contributed by atoms with Crippen LogP contribution in [0, 0.1) is 5.41 Å². The van der Waals surface area contributed by atoms with Crippen LogP contribution in [-0.4, -0.2) is 47.1 Å². The minimum absolute atomic E-state index is 0. The number of nitrogens with zero attached hydrogens (tertiary/aromatic N) is 1. The zero-order valence-electron chi connectivity index (χ0n) is 11.6. The van der Waals surface area contributed by atoms with Gasteiger partial charge in [0, 0.05) is 19.1 Å². The van der Waals surface area contributed by atoms with Gasteiger partial charge in [-0.3, -0.25) is 5.41 Å². The molecule has 1 rings (SSSR count). The lowest BCUT2D eigenvalue weighted by atomic mass is 10.1. The number of hydrogen-bond donors (Lipinski definition) is 2. The van der Waals surface area contributed by atoms with Crippen molar-refractivity contribution in [2.75, 3.05) is 19.3 Å². The molecule has 1 aliphatic heterocycles. The second kappa shape index (κ2) is 7.62. The van der Waals surface area contributed by atoms with Crippen LogP contribution in [0.1, 0.15) is 41.0 Å². The van der Waals surface area contributed by atoms with Gasteiger partial charge in [-0.1, -0.05) is 19.2 Å². The first-order valence-electron chi connectivity index (χ1n) is 6.19. The molecule has 1 atom stereocenters. The minimum Gasteiger partial charge on any atom is -0.444 e. The summed E-state index contributed by atoms with van der Waals surface area (Å²) in [6.45, 7) is 7.14. The van der Waals surface area contributed by atoms with E-state index in [1.807, 2.05) is 31.9 Å². The molecule has 19 heavy (non-hydrogen) atoms. The molecule has 0 bridgehead atoms. The second-order valence-corrected chi connectivity index (χ2v) is 6.24. The number of thioether (sulfide) groups is 1. The van der Waals surface area contributed by atoms with Crippen LogP contribution in [-0.2, 0) is 4.74 Å². The molecule has 2 N–H and O–H groups in total. The van der Waals surface area contributed by atoms with Crippen molar-refractivity contribution in [3.8, 4) is 0 Å². The largest absolute Gasteiger partial charge is 0.444 e. The van der Waals surface area contributed by atoms with Gasteiger partial charge < -0.3 is 15.0 Å². The number of likely N-dealkylation sites (tertiary alicyclic amines) is 1. The molecule has 0 aromatic heterocycles. The van der Waals surface area contributed by atoms with Crippen LogP contribution < -0.4 is 5.32 Å². The highest BCUT2D eigenvalue weighted by molar-refractivity contribution is 8.13. The third kappa shape index (κ3) is 6.71. The summed E-state index contributed by atoms with van der Waals surface area (Å²) >= 11 is 1.43. The summed E-state index contributed by atoms with van der Waals surface area (Å²) in [6, 6.07) is 0.0705. The number of carbonyl (C=O) groups is 1. The van der Waals surface area contributed by atoms with Crippen molar-refractivity contribution < 1.29 is 9.53 Å². The number of alkyl carbamates (subject to hydrolysis) is 1. The number of nitrogens with one attached hydrogen (secondary N) is 2. The van der Waals surface area contributed by atoms with Gasteiger partial charge in [0.15, 0.2) is 5.17 Å². The number of amidine groups is 1. The highest BCUT2D eigenvalue weighted by atomic mass is 32.2. The molecule has 0 spiro atoms. The molecule has 0 aromatic carbocycles. The average molecular weight is 289 g/mol. The van der Waals surface area contributed by atoms with Gasteiger partial charge in [-0.15, -0.1) is 0 Å². The van der Waals surface area contributed by atoms with Crippen molar-refractivity contribution >= 4 is 23.0 Å². The van der Waals surface area contributed by atoms with Gasteiger partial charge in [0.05, 0.1) is 0 Å².